The smallest absolute Gasteiger partial charge is 0.274 e. The number of ether oxygens (including phenoxy) is 1. The second-order valence-electron chi connectivity index (χ2n) is 6.29. The Labute approximate surface area is 159 Å². The standard InChI is InChI=1S/C22H23N3O2/c1-4-27-19-10-7-17(8-11-19)25-22(26)20-12-9-18(14-23-20)24-21-13-15(2)5-6-16(21)3/h5-14,24H,4H2,1-3H3,(H,25,26). The molecule has 138 valence electrons. The molecule has 0 unspecified atom stereocenters. The number of carbonyl (C=O) groups excluding carboxylic acids is 1. The quantitative estimate of drug-likeness (QED) is 0.642. The largest absolute Gasteiger partial charge is 0.494 e. The van der Waals surface area contributed by atoms with Gasteiger partial charge in [0.15, 0.2) is 0 Å². The van der Waals surface area contributed by atoms with Gasteiger partial charge in [-0.3, -0.25) is 4.79 Å². The number of aryl methyl sites for hydroxylation is 2. The van der Waals surface area contributed by atoms with Crippen molar-refractivity contribution in [3.63, 3.8) is 0 Å². The van der Waals surface area contributed by atoms with E-state index >= 15 is 0 Å². The molecule has 0 aliphatic carbocycles. The fraction of sp³-hybridized carbons (Fsp3) is 0.182. The highest BCUT2D eigenvalue weighted by molar-refractivity contribution is 6.03. The van der Waals surface area contributed by atoms with E-state index in [9.17, 15) is 4.79 Å². The van der Waals surface area contributed by atoms with E-state index in [1.807, 2.05) is 32.0 Å². The zero-order valence-corrected chi connectivity index (χ0v) is 15.7. The van der Waals surface area contributed by atoms with Gasteiger partial charge in [0.25, 0.3) is 5.91 Å². The summed E-state index contributed by atoms with van der Waals surface area (Å²) in [5.74, 6) is 0.521. The minimum Gasteiger partial charge on any atom is -0.494 e. The summed E-state index contributed by atoms with van der Waals surface area (Å²) >= 11 is 0. The summed E-state index contributed by atoms with van der Waals surface area (Å²) in [7, 11) is 0. The third-order valence-corrected chi connectivity index (χ3v) is 4.09. The average Bonchev–Trinajstić information content (AvgIpc) is 2.67. The van der Waals surface area contributed by atoms with Crippen molar-refractivity contribution in [3.8, 4) is 5.75 Å². The van der Waals surface area contributed by atoms with Gasteiger partial charge in [-0.2, -0.15) is 0 Å². The normalized spacial score (nSPS) is 10.3. The first-order valence-electron chi connectivity index (χ1n) is 8.89. The molecule has 0 aliphatic heterocycles. The van der Waals surface area contributed by atoms with Gasteiger partial charge in [0, 0.05) is 11.4 Å². The van der Waals surface area contributed by atoms with E-state index in [1.54, 1.807) is 24.4 Å². The second-order valence-corrected chi connectivity index (χ2v) is 6.29. The lowest BCUT2D eigenvalue weighted by molar-refractivity contribution is 0.102. The molecule has 3 rings (SSSR count). The highest BCUT2D eigenvalue weighted by atomic mass is 16.5. The molecule has 0 saturated heterocycles. The summed E-state index contributed by atoms with van der Waals surface area (Å²) in [5, 5.41) is 6.17. The van der Waals surface area contributed by atoms with Crippen molar-refractivity contribution in [1.82, 2.24) is 4.98 Å². The Balaban J connectivity index is 1.65. The summed E-state index contributed by atoms with van der Waals surface area (Å²) in [6, 6.07) is 17.0. The first-order chi connectivity index (χ1) is 13.0. The van der Waals surface area contributed by atoms with Crippen molar-refractivity contribution < 1.29 is 9.53 Å². The number of anilines is 3. The Morgan fingerprint density at radius 1 is 1.00 bits per heavy atom. The SMILES string of the molecule is CCOc1ccc(NC(=O)c2ccc(Nc3cc(C)ccc3C)cn2)cc1. The molecule has 2 aromatic carbocycles. The molecule has 0 saturated carbocycles. The second kappa shape index (κ2) is 8.36. The van der Waals surface area contributed by atoms with Crippen LogP contribution in [0.15, 0.2) is 60.8 Å². The molecule has 5 heteroatoms. The Hall–Kier alpha value is -3.34. The number of carbonyl (C=O) groups is 1. The topological polar surface area (TPSA) is 63.2 Å². The molecule has 0 bridgehead atoms. The first-order valence-corrected chi connectivity index (χ1v) is 8.89. The first kappa shape index (κ1) is 18.5. The Morgan fingerprint density at radius 3 is 2.41 bits per heavy atom. The van der Waals surface area contributed by atoms with Crippen LogP contribution in [0.25, 0.3) is 0 Å². The molecule has 2 N–H and O–H groups in total. The van der Waals surface area contributed by atoms with Crippen LogP contribution in [-0.2, 0) is 0 Å². The number of rotatable bonds is 6. The molecule has 1 heterocycles. The van der Waals surface area contributed by atoms with Gasteiger partial charge in [-0.05, 0) is 74.4 Å². The number of pyridine rings is 1. The number of hydrogen-bond acceptors (Lipinski definition) is 4. The molecule has 1 aromatic heterocycles. The Morgan fingerprint density at radius 2 is 1.74 bits per heavy atom. The van der Waals surface area contributed by atoms with Crippen LogP contribution in [-0.4, -0.2) is 17.5 Å². The maximum atomic E-state index is 12.4. The van der Waals surface area contributed by atoms with Crippen LogP contribution >= 0.6 is 0 Å². The van der Waals surface area contributed by atoms with E-state index in [1.165, 1.54) is 5.56 Å². The van der Waals surface area contributed by atoms with Gasteiger partial charge >= 0.3 is 0 Å². The lowest BCUT2D eigenvalue weighted by atomic mass is 10.1. The number of aromatic nitrogens is 1. The molecule has 0 atom stereocenters. The van der Waals surface area contributed by atoms with Crippen molar-refractivity contribution >= 4 is 23.0 Å². The molecule has 0 aliphatic rings. The Bertz CT molecular complexity index is 919. The fourth-order valence-corrected chi connectivity index (χ4v) is 2.62. The van der Waals surface area contributed by atoms with Crippen LogP contribution in [0.5, 0.6) is 5.75 Å². The van der Waals surface area contributed by atoms with Crippen molar-refractivity contribution in [2.45, 2.75) is 20.8 Å². The third-order valence-electron chi connectivity index (χ3n) is 4.09. The van der Waals surface area contributed by atoms with Crippen LogP contribution in [0, 0.1) is 13.8 Å². The molecule has 5 nitrogen and oxygen atoms in total. The van der Waals surface area contributed by atoms with Crippen LogP contribution in [0.3, 0.4) is 0 Å². The summed E-state index contributed by atoms with van der Waals surface area (Å²) in [4.78, 5) is 16.6. The number of nitrogens with one attached hydrogen (secondary N) is 2. The lowest BCUT2D eigenvalue weighted by Crippen LogP contribution is -2.13. The van der Waals surface area contributed by atoms with Crippen LogP contribution < -0.4 is 15.4 Å². The molecule has 0 fully saturated rings. The maximum Gasteiger partial charge on any atom is 0.274 e. The zero-order valence-electron chi connectivity index (χ0n) is 15.7. The molecule has 0 spiro atoms. The van der Waals surface area contributed by atoms with E-state index in [0.29, 0.717) is 18.0 Å². The van der Waals surface area contributed by atoms with Gasteiger partial charge in [0.05, 0.1) is 18.5 Å². The highest BCUT2D eigenvalue weighted by Gasteiger charge is 2.08. The minimum absolute atomic E-state index is 0.252. The summed E-state index contributed by atoms with van der Waals surface area (Å²) in [6.45, 7) is 6.64. The van der Waals surface area contributed by atoms with E-state index in [-0.39, 0.29) is 5.91 Å². The molecule has 1 amide bonds. The van der Waals surface area contributed by atoms with E-state index in [0.717, 1.165) is 22.7 Å². The van der Waals surface area contributed by atoms with E-state index in [4.69, 9.17) is 4.74 Å². The maximum absolute atomic E-state index is 12.4. The summed E-state index contributed by atoms with van der Waals surface area (Å²) < 4.78 is 5.40. The molecular weight excluding hydrogens is 338 g/mol. The number of benzene rings is 2. The zero-order chi connectivity index (χ0) is 19.2. The molecule has 3 aromatic rings. The van der Waals surface area contributed by atoms with Gasteiger partial charge < -0.3 is 15.4 Å². The van der Waals surface area contributed by atoms with Crippen molar-refractivity contribution in [2.24, 2.45) is 0 Å². The van der Waals surface area contributed by atoms with Crippen LogP contribution in [0.1, 0.15) is 28.5 Å². The van der Waals surface area contributed by atoms with Gasteiger partial charge in [-0.1, -0.05) is 12.1 Å². The predicted molar refractivity (Wildman–Crippen MR) is 109 cm³/mol. The number of nitrogens with zero attached hydrogens (tertiary/aromatic N) is 1. The van der Waals surface area contributed by atoms with Gasteiger partial charge in [0.2, 0.25) is 0 Å². The lowest BCUT2D eigenvalue weighted by Gasteiger charge is -2.11. The van der Waals surface area contributed by atoms with Crippen molar-refractivity contribution in [1.29, 1.82) is 0 Å². The van der Waals surface area contributed by atoms with Crippen LogP contribution in [0.2, 0.25) is 0 Å². The highest BCUT2D eigenvalue weighted by Crippen LogP contribution is 2.22. The predicted octanol–water partition coefficient (Wildman–Crippen LogP) is 5.09. The number of amides is 1. The number of hydrogen-bond donors (Lipinski definition) is 2. The molecule has 27 heavy (non-hydrogen) atoms. The molecule has 0 radical (unpaired) electrons. The van der Waals surface area contributed by atoms with Crippen molar-refractivity contribution in [2.75, 3.05) is 17.2 Å². The minimum atomic E-state index is -0.252. The monoisotopic (exact) mass is 361 g/mol. The third kappa shape index (κ3) is 4.85. The summed E-state index contributed by atoms with van der Waals surface area (Å²) in [6.07, 6.45) is 1.66. The van der Waals surface area contributed by atoms with E-state index in [2.05, 4.69) is 40.7 Å². The fourth-order valence-electron chi connectivity index (χ4n) is 2.62. The molecular formula is C22H23N3O2. The Kier molecular flexibility index (Phi) is 5.71. The van der Waals surface area contributed by atoms with Crippen molar-refractivity contribution in [3.05, 3.63) is 77.6 Å². The van der Waals surface area contributed by atoms with Gasteiger partial charge in [-0.15, -0.1) is 0 Å². The van der Waals surface area contributed by atoms with Gasteiger partial charge in [0.1, 0.15) is 11.4 Å². The van der Waals surface area contributed by atoms with E-state index < -0.39 is 0 Å². The summed E-state index contributed by atoms with van der Waals surface area (Å²) in [5.41, 5.74) is 5.25. The average molecular weight is 361 g/mol. The van der Waals surface area contributed by atoms with Gasteiger partial charge in [-0.25, -0.2) is 4.98 Å². The van der Waals surface area contributed by atoms with Crippen LogP contribution in [0.4, 0.5) is 17.1 Å².